The quantitative estimate of drug-likeness (QED) is 0.592. The molecule has 2 bridgehead atoms. The Morgan fingerprint density at radius 2 is 1.82 bits per heavy atom. The number of piperidine rings is 1. The van der Waals surface area contributed by atoms with Crippen LogP contribution in [0.15, 0.2) is 36.5 Å². The summed E-state index contributed by atoms with van der Waals surface area (Å²) in [6.07, 6.45) is 5.27. The van der Waals surface area contributed by atoms with Crippen molar-refractivity contribution in [2.45, 2.75) is 63.3 Å². The number of aromatic nitrogens is 1. The highest BCUT2D eigenvalue weighted by Gasteiger charge is 2.43. The lowest BCUT2D eigenvalue weighted by Crippen LogP contribution is -2.55. The van der Waals surface area contributed by atoms with E-state index in [1.54, 1.807) is 44.3 Å². The lowest BCUT2D eigenvalue weighted by molar-refractivity contribution is -0.135. The van der Waals surface area contributed by atoms with E-state index in [2.05, 4.69) is 15.2 Å². The number of esters is 1. The number of halogens is 2. The second-order valence-electron chi connectivity index (χ2n) is 9.02. The first-order chi connectivity index (χ1) is 15.7. The maximum absolute atomic E-state index is 13.1. The standard InChI is InChI=1S/C24H27Cl2N3O4/c1-24(2,33-20-8-5-15(25)10-19(20)26)23(31)28-16-11-17-6-7-18(12-16)29(17)21-9-4-14(13-27-21)22(30)32-3/h4-5,8-10,13,16-18H,6-7,11-12H2,1-3H3,(H,28,31)/t16?,17-,18+. The molecule has 1 aromatic heterocycles. The van der Waals surface area contributed by atoms with Crippen LogP contribution >= 0.6 is 23.2 Å². The van der Waals surface area contributed by atoms with Crippen LogP contribution in [0.4, 0.5) is 5.82 Å². The number of nitrogens with one attached hydrogen (secondary N) is 1. The summed E-state index contributed by atoms with van der Waals surface area (Å²) in [5.74, 6) is 0.675. The third-order valence-corrected chi connectivity index (χ3v) is 6.84. The minimum Gasteiger partial charge on any atom is -0.476 e. The first kappa shape index (κ1) is 23.6. The molecule has 2 aliphatic heterocycles. The topological polar surface area (TPSA) is 80.8 Å². The van der Waals surface area contributed by atoms with Crippen LogP contribution in [-0.4, -0.2) is 47.7 Å². The average Bonchev–Trinajstić information content (AvgIpc) is 3.05. The second kappa shape index (κ2) is 9.39. The van der Waals surface area contributed by atoms with Crippen molar-refractivity contribution in [1.29, 1.82) is 0 Å². The number of carbonyl (C=O) groups is 2. The molecule has 2 aliphatic rings. The van der Waals surface area contributed by atoms with E-state index in [0.29, 0.717) is 21.4 Å². The molecule has 9 heteroatoms. The van der Waals surface area contributed by atoms with Crippen LogP contribution in [0.3, 0.4) is 0 Å². The molecule has 33 heavy (non-hydrogen) atoms. The third-order valence-electron chi connectivity index (χ3n) is 6.31. The fourth-order valence-electron chi connectivity index (χ4n) is 4.68. The van der Waals surface area contributed by atoms with Gasteiger partial charge in [-0.25, -0.2) is 9.78 Å². The number of hydrogen-bond donors (Lipinski definition) is 1. The monoisotopic (exact) mass is 491 g/mol. The number of amides is 1. The highest BCUT2D eigenvalue weighted by molar-refractivity contribution is 6.35. The van der Waals surface area contributed by atoms with Crippen molar-refractivity contribution in [3.05, 3.63) is 52.1 Å². The van der Waals surface area contributed by atoms with Crippen molar-refractivity contribution in [2.24, 2.45) is 0 Å². The van der Waals surface area contributed by atoms with Crippen LogP contribution in [-0.2, 0) is 9.53 Å². The molecule has 2 aromatic rings. The largest absolute Gasteiger partial charge is 0.476 e. The van der Waals surface area contributed by atoms with Crippen molar-refractivity contribution in [3.63, 3.8) is 0 Å². The van der Waals surface area contributed by atoms with Crippen molar-refractivity contribution < 1.29 is 19.1 Å². The molecule has 1 unspecified atom stereocenters. The summed E-state index contributed by atoms with van der Waals surface area (Å²) in [5, 5.41) is 4.04. The first-order valence-electron chi connectivity index (χ1n) is 11.0. The molecule has 2 saturated heterocycles. The van der Waals surface area contributed by atoms with Crippen molar-refractivity contribution >= 4 is 40.9 Å². The van der Waals surface area contributed by atoms with E-state index in [0.717, 1.165) is 31.5 Å². The number of carbonyl (C=O) groups excluding carboxylic acids is 2. The van der Waals surface area contributed by atoms with Crippen LogP contribution in [0.5, 0.6) is 5.75 Å². The van der Waals surface area contributed by atoms with Gasteiger partial charge in [0.15, 0.2) is 5.60 Å². The molecule has 176 valence electrons. The molecular weight excluding hydrogens is 465 g/mol. The first-order valence-corrected chi connectivity index (χ1v) is 11.7. The van der Waals surface area contributed by atoms with E-state index < -0.39 is 11.6 Å². The summed E-state index contributed by atoms with van der Waals surface area (Å²) in [6, 6.07) is 9.13. The average molecular weight is 492 g/mol. The number of ether oxygens (including phenoxy) is 2. The number of nitrogens with zero attached hydrogens (tertiary/aromatic N) is 2. The molecule has 1 amide bonds. The van der Waals surface area contributed by atoms with Crippen LogP contribution in [0.2, 0.25) is 10.0 Å². The van der Waals surface area contributed by atoms with Gasteiger partial charge < -0.3 is 19.7 Å². The summed E-state index contributed by atoms with van der Waals surface area (Å²) in [5.41, 5.74) is -0.669. The summed E-state index contributed by atoms with van der Waals surface area (Å²) < 4.78 is 10.7. The van der Waals surface area contributed by atoms with Gasteiger partial charge in [-0.3, -0.25) is 4.79 Å². The minimum absolute atomic E-state index is 0.0455. The zero-order valence-electron chi connectivity index (χ0n) is 18.8. The van der Waals surface area contributed by atoms with Crippen LogP contribution in [0.1, 0.15) is 49.9 Å². The minimum atomic E-state index is -1.10. The van der Waals surface area contributed by atoms with Gasteiger partial charge in [-0.05, 0) is 69.9 Å². The molecule has 0 saturated carbocycles. The van der Waals surface area contributed by atoms with Crippen molar-refractivity contribution in [2.75, 3.05) is 12.0 Å². The van der Waals surface area contributed by atoms with Crippen LogP contribution < -0.4 is 15.0 Å². The van der Waals surface area contributed by atoms with Gasteiger partial charge in [-0.15, -0.1) is 0 Å². The molecular formula is C24H27Cl2N3O4. The molecule has 3 atom stereocenters. The molecule has 0 spiro atoms. The lowest BCUT2D eigenvalue weighted by Gasteiger charge is -2.40. The predicted octanol–water partition coefficient (Wildman–Crippen LogP) is 4.65. The lowest BCUT2D eigenvalue weighted by atomic mass is 9.96. The van der Waals surface area contributed by atoms with Gasteiger partial charge in [0.1, 0.15) is 11.6 Å². The second-order valence-corrected chi connectivity index (χ2v) is 9.86. The van der Waals surface area contributed by atoms with Crippen molar-refractivity contribution in [1.82, 2.24) is 10.3 Å². The van der Waals surface area contributed by atoms with Crippen LogP contribution in [0.25, 0.3) is 0 Å². The van der Waals surface area contributed by atoms with Crippen molar-refractivity contribution in [3.8, 4) is 5.75 Å². The van der Waals surface area contributed by atoms with Crippen LogP contribution in [0, 0.1) is 0 Å². The highest BCUT2D eigenvalue weighted by atomic mass is 35.5. The molecule has 1 N–H and O–H groups in total. The summed E-state index contributed by atoms with van der Waals surface area (Å²) in [7, 11) is 1.35. The SMILES string of the molecule is COC(=O)c1ccc(N2[C@@H]3CC[C@H]2CC(NC(=O)C(C)(C)Oc2ccc(Cl)cc2Cl)C3)nc1. The number of hydrogen-bond acceptors (Lipinski definition) is 6. The smallest absolute Gasteiger partial charge is 0.339 e. The van der Waals surface area contributed by atoms with Gasteiger partial charge in [0, 0.05) is 29.3 Å². The predicted molar refractivity (Wildman–Crippen MR) is 127 cm³/mol. The van der Waals surface area contributed by atoms with E-state index in [-0.39, 0.29) is 24.0 Å². The summed E-state index contributed by atoms with van der Waals surface area (Å²) in [6.45, 7) is 3.45. The Bertz CT molecular complexity index is 1030. The van der Waals surface area contributed by atoms with Gasteiger partial charge in [0.05, 0.1) is 17.7 Å². The zero-order valence-corrected chi connectivity index (χ0v) is 20.3. The van der Waals surface area contributed by atoms with E-state index in [1.165, 1.54) is 7.11 Å². The maximum Gasteiger partial charge on any atom is 0.339 e. The molecule has 0 aliphatic carbocycles. The van der Waals surface area contributed by atoms with E-state index in [1.807, 2.05) is 6.07 Å². The maximum atomic E-state index is 13.1. The zero-order chi connectivity index (χ0) is 23.8. The normalized spacial score (nSPS) is 22.1. The molecule has 0 radical (unpaired) electrons. The number of anilines is 1. The Hall–Kier alpha value is -2.51. The Morgan fingerprint density at radius 3 is 2.39 bits per heavy atom. The number of pyridine rings is 1. The Morgan fingerprint density at radius 1 is 1.12 bits per heavy atom. The number of methoxy groups -OCH3 is 1. The molecule has 7 nitrogen and oxygen atoms in total. The Labute approximate surface area is 203 Å². The molecule has 2 fully saturated rings. The van der Waals surface area contributed by atoms with Gasteiger partial charge >= 0.3 is 5.97 Å². The third kappa shape index (κ3) is 5.04. The highest BCUT2D eigenvalue weighted by Crippen LogP contribution is 2.39. The van der Waals surface area contributed by atoms with Gasteiger partial charge in [0.25, 0.3) is 5.91 Å². The fourth-order valence-corrected chi connectivity index (χ4v) is 5.13. The Balaban J connectivity index is 1.39. The van der Waals surface area contributed by atoms with Gasteiger partial charge in [-0.2, -0.15) is 0 Å². The summed E-state index contributed by atoms with van der Waals surface area (Å²) in [4.78, 5) is 31.5. The van der Waals surface area contributed by atoms with Gasteiger partial charge in [0.2, 0.25) is 0 Å². The number of fused-ring (bicyclic) bond motifs is 2. The summed E-state index contributed by atoms with van der Waals surface area (Å²) >= 11 is 12.2. The van der Waals surface area contributed by atoms with Gasteiger partial charge in [-0.1, -0.05) is 23.2 Å². The molecule has 3 heterocycles. The number of rotatable bonds is 6. The van der Waals surface area contributed by atoms with E-state index >= 15 is 0 Å². The van der Waals surface area contributed by atoms with E-state index in [4.69, 9.17) is 32.7 Å². The molecule has 1 aromatic carbocycles. The fraction of sp³-hybridized carbons (Fsp3) is 0.458. The molecule has 4 rings (SSSR count). The Kier molecular flexibility index (Phi) is 6.73. The van der Waals surface area contributed by atoms with E-state index in [9.17, 15) is 9.59 Å². The number of benzene rings is 1.